The Morgan fingerprint density at radius 1 is 1.25 bits per heavy atom. The van der Waals surface area contributed by atoms with Crippen LogP contribution in [-0.2, 0) is 19.6 Å². The largest absolute Gasteiger partial charge is 0.388 e. The number of halogens is 1. The molecule has 2 aromatic heterocycles. The molecule has 0 aliphatic carbocycles. The lowest BCUT2D eigenvalue weighted by Crippen LogP contribution is -2.53. The zero-order valence-corrected chi connectivity index (χ0v) is 18.4. The molecule has 0 amide bonds. The highest BCUT2D eigenvalue weighted by Gasteiger charge is 2.47. The van der Waals surface area contributed by atoms with Crippen LogP contribution in [0.15, 0.2) is 54.0 Å². The molecule has 2 bridgehead atoms. The van der Waals surface area contributed by atoms with Gasteiger partial charge in [0.15, 0.2) is 0 Å². The minimum atomic E-state index is -0.938. The molecule has 168 valence electrons. The smallest absolute Gasteiger partial charge is 0.266 e. The van der Waals surface area contributed by atoms with Crippen molar-refractivity contribution in [3.63, 3.8) is 0 Å². The van der Waals surface area contributed by atoms with Crippen molar-refractivity contribution in [3.05, 3.63) is 76.6 Å². The molecule has 7 heteroatoms. The van der Waals surface area contributed by atoms with E-state index in [0.29, 0.717) is 19.4 Å². The Labute approximate surface area is 186 Å². The van der Waals surface area contributed by atoms with Gasteiger partial charge < -0.3 is 9.67 Å². The normalized spacial score (nSPS) is 25.5. The molecule has 2 saturated heterocycles. The predicted octanol–water partition coefficient (Wildman–Crippen LogP) is 3.39. The van der Waals surface area contributed by atoms with Crippen LogP contribution in [0.5, 0.6) is 0 Å². The lowest BCUT2D eigenvalue weighted by molar-refractivity contribution is -0.0677. The molecule has 1 aromatic carbocycles. The first kappa shape index (κ1) is 21.1. The lowest BCUT2D eigenvalue weighted by atomic mass is 9.85. The van der Waals surface area contributed by atoms with Crippen LogP contribution in [0, 0.1) is 12.7 Å². The van der Waals surface area contributed by atoms with E-state index in [4.69, 9.17) is 0 Å². The molecule has 0 spiro atoms. The van der Waals surface area contributed by atoms with Crippen molar-refractivity contribution < 1.29 is 9.50 Å². The SMILES string of the molecule is C=CCn1cc(CN2[C@H]3CC[C@H]2CC(O)(Cn2nc(C)ccc2=O)C3)c2ccc(F)cc21. The molecule has 2 aliphatic rings. The molecule has 2 aliphatic heterocycles. The summed E-state index contributed by atoms with van der Waals surface area (Å²) in [6, 6.07) is 8.66. The van der Waals surface area contributed by atoms with Crippen LogP contribution in [0.3, 0.4) is 0 Å². The van der Waals surface area contributed by atoms with Crippen LogP contribution < -0.4 is 5.56 Å². The Morgan fingerprint density at radius 2 is 2.00 bits per heavy atom. The number of fused-ring (bicyclic) bond motifs is 3. The Hall–Kier alpha value is -2.77. The number of aryl methyl sites for hydroxylation is 1. The van der Waals surface area contributed by atoms with E-state index in [1.54, 1.807) is 12.1 Å². The van der Waals surface area contributed by atoms with Crippen molar-refractivity contribution in [1.82, 2.24) is 19.2 Å². The van der Waals surface area contributed by atoms with Crippen molar-refractivity contribution in [3.8, 4) is 0 Å². The van der Waals surface area contributed by atoms with Crippen molar-refractivity contribution in [1.29, 1.82) is 0 Å². The van der Waals surface area contributed by atoms with Gasteiger partial charge in [-0.05, 0) is 62.4 Å². The van der Waals surface area contributed by atoms with E-state index < -0.39 is 5.60 Å². The number of allylic oxidation sites excluding steroid dienone is 1. The van der Waals surface area contributed by atoms with Gasteiger partial charge in [0.1, 0.15) is 5.82 Å². The number of aromatic nitrogens is 3. The highest BCUT2D eigenvalue weighted by atomic mass is 19.1. The van der Waals surface area contributed by atoms with Crippen molar-refractivity contribution in [2.45, 2.75) is 69.9 Å². The number of nitrogens with zero attached hydrogens (tertiary/aromatic N) is 4. The van der Waals surface area contributed by atoms with Crippen molar-refractivity contribution in [2.75, 3.05) is 0 Å². The van der Waals surface area contributed by atoms with Gasteiger partial charge in [0.25, 0.3) is 5.56 Å². The second kappa shape index (κ2) is 7.98. The average molecular weight is 437 g/mol. The van der Waals surface area contributed by atoms with Crippen molar-refractivity contribution >= 4 is 10.9 Å². The molecule has 0 saturated carbocycles. The number of piperidine rings is 1. The first-order chi connectivity index (χ1) is 15.3. The van der Waals surface area contributed by atoms with Crippen LogP contribution >= 0.6 is 0 Å². The Morgan fingerprint density at radius 3 is 2.72 bits per heavy atom. The monoisotopic (exact) mass is 436 g/mol. The van der Waals surface area contributed by atoms with Gasteiger partial charge in [0.05, 0.1) is 23.4 Å². The molecule has 5 rings (SSSR count). The number of aliphatic hydroxyl groups is 1. The maximum atomic E-state index is 13.9. The van der Waals surface area contributed by atoms with E-state index in [9.17, 15) is 14.3 Å². The minimum Gasteiger partial charge on any atom is -0.388 e. The lowest BCUT2D eigenvalue weighted by Gasteiger charge is -2.43. The van der Waals surface area contributed by atoms with E-state index in [1.807, 2.05) is 23.6 Å². The molecular weight excluding hydrogens is 407 g/mol. The zero-order valence-electron chi connectivity index (χ0n) is 18.4. The minimum absolute atomic E-state index is 0.180. The predicted molar refractivity (Wildman–Crippen MR) is 122 cm³/mol. The second-order valence-electron chi connectivity index (χ2n) is 9.42. The summed E-state index contributed by atoms with van der Waals surface area (Å²) in [6.45, 7) is 7.29. The van der Waals surface area contributed by atoms with Crippen molar-refractivity contribution in [2.24, 2.45) is 0 Å². The molecule has 1 N–H and O–H groups in total. The summed E-state index contributed by atoms with van der Waals surface area (Å²) in [7, 11) is 0. The first-order valence-electron chi connectivity index (χ1n) is 11.3. The molecule has 2 fully saturated rings. The van der Waals surface area contributed by atoms with Crippen LogP contribution in [0.4, 0.5) is 4.39 Å². The van der Waals surface area contributed by atoms with Crippen LogP contribution in [0.2, 0.25) is 0 Å². The molecular formula is C25H29FN4O2. The highest BCUT2D eigenvalue weighted by Crippen LogP contribution is 2.42. The fourth-order valence-electron chi connectivity index (χ4n) is 5.70. The fourth-order valence-corrected chi connectivity index (χ4v) is 5.70. The van der Waals surface area contributed by atoms with Gasteiger partial charge >= 0.3 is 0 Å². The number of hydrogen-bond acceptors (Lipinski definition) is 4. The van der Waals surface area contributed by atoms with Gasteiger partial charge in [0.2, 0.25) is 0 Å². The van der Waals surface area contributed by atoms with Gasteiger partial charge in [-0.15, -0.1) is 6.58 Å². The maximum Gasteiger partial charge on any atom is 0.266 e. The topological polar surface area (TPSA) is 63.3 Å². The molecule has 2 atom stereocenters. The fraction of sp³-hybridized carbons (Fsp3) is 0.440. The summed E-state index contributed by atoms with van der Waals surface area (Å²) in [5, 5.41) is 16.8. The summed E-state index contributed by atoms with van der Waals surface area (Å²) in [5.74, 6) is -0.240. The Balaban J connectivity index is 1.38. The zero-order chi connectivity index (χ0) is 22.5. The van der Waals surface area contributed by atoms with Gasteiger partial charge in [-0.3, -0.25) is 9.69 Å². The van der Waals surface area contributed by atoms with E-state index in [2.05, 4.69) is 22.8 Å². The third-order valence-electron chi connectivity index (χ3n) is 7.05. The summed E-state index contributed by atoms with van der Waals surface area (Å²) in [4.78, 5) is 14.7. The van der Waals surface area contributed by atoms with E-state index in [1.165, 1.54) is 22.4 Å². The van der Waals surface area contributed by atoms with Crippen LogP contribution in [0.25, 0.3) is 10.9 Å². The van der Waals surface area contributed by atoms with E-state index in [0.717, 1.165) is 36.0 Å². The molecule has 4 heterocycles. The first-order valence-corrected chi connectivity index (χ1v) is 11.3. The second-order valence-corrected chi connectivity index (χ2v) is 9.42. The highest BCUT2D eigenvalue weighted by molar-refractivity contribution is 5.84. The van der Waals surface area contributed by atoms with Gasteiger partial charge in [0, 0.05) is 42.8 Å². The number of benzene rings is 1. The summed E-state index contributed by atoms with van der Waals surface area (Å²) in [6.07, 6.45) is 7.21. The standard InChI is InChI=1S/C25H29FN4O2/c1-3-10-28-14-18(22-8-5-19(26)11-23(22)28)15-29-20-6-7-21(29)13-25(32,12-20)16-30-24(31)9-4-17(2)27-30/h3-5,8-9,11,14,20-21,32H,1,6-7,10,12-13,15-16H2,2H3/t20-,21-/m0/s1. The molecule has 32 heavy (non-hydrogen) atoms. The maximum absolute atomic E-state index is 13.9. The van der Waals surface area contributed by atoms with Gasteiger partial charge in [-0.2, -0.15) is 5.10 Å². The Bertz CT molecular complexity index is 1220. The molecule has 0 unspecified atom stereocenters. The molecule has 3 aromatic rings. The third-order valence-corrected chi connectivity index (χ3v) is 7.05. The molecule has 6 nitrogen and oxygen atoms in total. The summed E-state index contributed by atoms with van der Waals surface area (Å²) >= 11 is 0. The van der Waals surface area contributed by atoms with Crippen LogP contribution in [-0.4, -0.2) is 42.0 Å². The number of rotatable bonds is 6. The van der Waals surface area contributed by atoms with Gasteiger partial charge in [-0.25, -0.2) is 9.07 Å². The Kier molecular flexibility index (Phi) is 5.26. The summed E-state index contributed by atoms with van der Waals surface area (Å²) < 4.78 is 17.3. The molecule has 0 radical (unpaired) electrons. The van der Waals surface area contributed by atoms with Gasteiger partial charge in [-0.1, -0.05) is 6.08 Å². The number of hydrogen-bond donors (Lipinski definition) is 1. The van der Waals surface area contributed by atoms with E-state index >= 15 is 0 Å². The van der Waals surface area contributed by atoms with Crippen LogP contribution in [0.1, 0.15) is 36.9 Å². The third kappa shape index (κ3) is 3.80. The summed E-state index contributed by atoms with van der Waals surface area (Å²) in [5.41, 5.74) is 1.70. The quantitative estimate of drug-likeness (QED) is 0.602. The van der Waals surface area contributed by atoms with E-state index in [-0.39, 0.29) is 30.0 Å². The average Bonchev–Trinajstić information content (AvgIpc) is 3.19.